The minimum absolute atomic E-state index is 0.00634. The number of amides is 2. The summed E-state index contributed by atoms with van der Waals surface area (Å²) in [5.41, 5.74) is 1.11. The number of nitrogens with zero attached hydrogens (tertiary/aromatic N) is 5. The summed E-state index contributed by atoms with van der Waals surface area (Å²) in [5, 5.41) is 12.7. The maximum Gasteiger partial charge on any atom is 0.407 e. The standard InChI is InChI=1S/C25H35N7O4S/c1-16(25(2,3)4)27-20-14-19(29-21(30-20)18-15-26-32-10-13-37-23(18)32)22(33)31-8-6-17(7-9-31)28-24(34)36-12-11-35-5/h10,13-17H,6-9,11-12H2,1-5H3,(H,28,34)(H,27,29,30)/t16-/m1/s1. The number of aromatic nitrogens is 4. The Kier molecular flexibility index (Phi) is 8.28. The molecule has 1 atom stereocenters. The van der Waals surface area contributed by atoms with Crippen LogP contribution in [0.15, 0.2) is 23.8 Å². The third kappa shape index (κ3) is 6.55. The summed E-state index contributed by atoms with van der Waals surface area (Å²) >= 11 is 1.55. The van der Waals surface area contributed by atoms with E-state index in [1.54, 1.807) is 40.1 Å². The molecule has 0 radical (unpaired) electrons. The fourth-order valence-electron chi connectivity index (χ4n) is 3.89. The lowest BCUT2D eigenvalue weighted by Gasteiger charge is -2.32. The fraction of sp³-hybridized carbons (Fsp3) is 0.560. The quantitative estimate of drug-likeness (QED) is 0.424. The van der Waals surface area contributed by atoms with Crippen LogP contribution < -0.4 is 10.6 Å². The summed E-state index contributed by atoms with van der Waals surface area (Å²) in [6.07, 6.45) is 4.41. The van der Waals surface area contributed by atoms with Gasteiger partial charge in [0.15, 0.2) is 5.82 Å². The molecule has 37 heavy (non-hydrogen) atoms. The van der Waals surface area contributed by atoms with Crippen molar-refractivity contribution in [2.75, 3.05) is 38.7 Å². The molecule has 0 spiro atoms. The molecule has 3 aromatic rings. The lowest BCUT2D eigenvalue weighted by atomic mass is 9.88. The van der Waals surface area contributed by atoms with Crippen molar-refractivity contribution in [3.8, 4) is 11.4 Å². The van der Waals surface area contributed by atoms with E-state index in [4.69, 9.17) is 14.5 Å². The SMILES string of the molecule is COCCOC(=O)NC1CCN(C(=O)c2cc(N[C@H](C)C(C)(C)C)nc(-c3cnn4ccsc34)n2)CC1. The smallest absolute Gasteiger partial charge is 0.407 e. The fourth-order valence-corrected chi connectivity index (χ4v) is 4.68. The zero-order chi connectivity index (χ0) is 26.6. The Morgan fingerprint density at radius 2 is 1.97 bits per heavy atom. The lowest BCUT2D eigenvalue weighted by molar-refractivity contribution is 0.0687. The van der Waals surface area contributed by atoms with E-state index >= 15 is 0 Å². The minimum Gasteiger partial charge on any atom is -0.447 e. The third-order valence-electron chi connectivity index (χ3n) is 6.61. The number of fused-ring (bicyclic) bond motifs is 1. The monoisotopic (exact) mass is 529 g/mol. The molecule has 2 amide bonds. The summed E-state index contributed by atoms with van der Waals surface area (Å²) in [4.78, 5) is 37.6. The Balaban J connectivity index is 1.51. The predicted molar refractivity (Wildman–Crippen MR) is 142 cm³/mol. The van der Waals surface area contributed by atoms with E-state index in [0.717, 1.165) is 10.4 Å². The molecule has 0 aromatic carbocycles. The van der Waals surface area contributed by atoms with Gasteiger partial charge in [0.05, 0.1) is 18.4 Å². The summed E-state index contributed by atoms with van der Waals surface area (Å²) in [6, 6.07) is 1.78. The van der Waals surface area contributed by atoms with Crippen molar-refractivity contribution in [2.24, 2.45) is 5.41 Å². The number of likely N-dealkylation sites (tertiary alicyclic amines) is 1. The molecule has 12 heteroatoms. The van der Waals surface area contributed by atoms with Crippen LogP contribution in [0.4, 0.5) is 10.6 Å². The highest BCUT2D eigenvalue weighted by atomic mass is 32.1. The molecule has 4 heterocycles. The first kappa shape index (κ1) is 26.8. The molecule has 2 N–H and O–H groups in total. The van der Waals surface area contributed by atoms with Gasteiger partial charge in [-0.3, -0.25) is 4.79 Å². The van der Waals surface area contributed by atoms with E-state index in [1.165, 1.54) is 0 Å². The van der Waals surface area contributed by atoms with Crippen molar-refractivity contribution >= 4 is 34.0 Å². The Bertz CT molecular complexity index is 1230. The van der Waals surface area contributed by atoms with Gasteiger partial charge >= 0.3 is 6.09 Å². The van der Waals surface area contributed by atoms with Crippen LogP contribution in [0.25, 0.3) is 16.2 Å². The second-order valence-electron chi connectivity index (χ2n) is 10.2. The Morgan fingerprint density at radius 3 is 2.68 bits per heavy atom. The van der Waals surface area contributed by atoms with Crippen LogP contribution in [0, 0.1) is 5.41 Å². The van der Waals surface area contributed by atoms with Gasteiger partial charge in [0.1, 0.15) is 22.9 Å². The largest absolute Gasteiger partial charge is 0.447 e. The maximum absolute atomic E-state index is 13.5. The Labute approximate surface area is 220 Å². The molecule has 1 saturated heterocycles. The molecule has 11 nitrogen and oxygen atoms in total. The number of hydrogen-bond acceptors (Lipinski definition) is 9. The van der Waals surface area contributed by atoms with Gasteiger partial charge in [-0.25, -0.2) is 19.3 Å². The molecule has 1 aliphatic heterocycles. The topological polar surface area (TPSA) is 123 Å². The van der Waals surface area contributed by atoms with E-state index in [-0.39, 0.29) is 30.0 Å². The second-order valence-corrected chi connectivity index (χ2v) is 11.1. The van der Waals surface area contributed by atoms with E-state index in [1.807, 2.05) is 11.6 Å². The number of hydrogen-bond donors (Lipinski definition) is 2. The first-order chi connectivity index (χ1) is 17.7. The summed E-state index contributed by atoms with van der Waals surface area (Å²) in [6.45, 7) is 10.1. The number of anilines is 1. The molecule has 0 saturated carbocycles. The number of ether oxygens (including phenoxy) is 2. The zero-order valence-electron chi connectivity index (χ0n) is 22.0. The summed E-state index contributed by atoms with van der Waals surface area (Å²) in [5.74, 6) is 0.898. The van der Waals surface area contributed by atoms with Crippen molar-refractivity contribution < 1.29 is 19.1 Å². The number of methoxy groups -OCH3 is 1. The van der Waals surface area contributed by atoms with Crippen molar-refractivity contribution in [2.45, 2.75) is 52.6 Å². The van der Waals surface area contributed by atoms with Gasteiger partial charge < -0.3 is 25.0 Å². The molecular formula is C25H35N7O4S. The van der Waals surface area contributed by atoms with Gasteiger partial charge in [-0.05, 0) is 25.2 Å². The van der Waals surface area contributed by atoms with Crippen molar-refractivity contribution in [3.63, 3.8) is 0 Å². The van der Waals surface area contributed by atoms with Crippen LogP contribution in [0.1, 0.15) is 51.0 Å². The van der Waals surface area contributed by atoms with Crippen LogP contribution in [-0.4, -0.2) is 82.0 Å². The van der Waals surface area contributed by atoms with Crippen molar-refractivity contribution in [3.05, 3.63) is 29.5 Å². The number of carbonyl (C=O) groups excluding carboxylic acids is 2. The van der Waals surface area contributed by atoms with Crippen LogP contribution in [-0.2, 0) is 9.47 Å². The summed E-state index contributed by atoms with van der Waals surface area (Å²) < 4.78 is 11.8. The highest BCUT2D eigenvalue weighted by molar-refractivity contribution is 7.16. The number of nitrogens with one attached hydrogen (secondary N) is 2. The average molecular weight is 530 g/mol. The van der Waals surface area contributed by atoms with Gasteiger partial charge in [-0.2, -0.15) is 5.10 Å². The van der Waals surface area contributed by atoms with Crippen molar-refractivity contribution in [1.29, 1.82) is 0 Å². The van der Waals surface area contributed by atoms with Crippen LogP contribution >= 0.6 is 11.3 Å². The van der Waals surface area contributed by atoms with Gasteiger partial charge in [-0.15, -0.1) is 11.3 Å². The third-order valence-corrected chi connectivity index (χ3v) is 7.49. The number of alkyl carbamates (subject to hydrolysis) is 1. The highest BCUT2D eigenvalue weighted by Crippen LogP contribution is 2.28. The number of thiazole rings is 1. The minimum atomic E-state index is -0.466. The van der Waals surface area contributed by atoms with Crippen LogP contribution in [0.3, 0.4) is 0 Å². The average Bonchev–Trinajstić information content (AvgIpc) is 3.48. The predicted octanol–water partition coefficient (Wildman–Crippen LogP) is 3.68. The lowest BCUT2D eigenvalue weighted by Crippen LogP contribution is -2.47. The second kappa shape index (κ2) is 11.4. The molecule has 1 aliphatic rings. The van der Waals surface area contributed by atoms with E-state index in [0.29, 0.717) is 49.9 Å². The Morgan fingerprint density at radius 1 is 1.22 bits per heavy atom. The molecule has 0 bridgehead atoms. The number of rotatable bonds is 8. The van der Waals surface area contributed by atoms with Crippen LogP contribution in [0.5, 0.6) is 0 Å². The maximum atomic E-state index is 13.5. The Hall–Kier alpha value is -3.25. The highest BCUT2D eigenvalue weighted by Gasteiger charge is 2.28. The van der Waals surface area contributed by atoms with Gasteiger partial charge in [-0.1, -0.05) is 20.8 Å². The van der Waals surface area contributed by atoms with Crippen molar-refractivity contribution in [1.82, 2.24) is 29.8 Å². The molecule has 0 unspecified atom stereocenters. The molecular weight excluding hydrogens is 494 g/mol. The first-order valence-electron chi connectivity index (χ1n) is 12.4. The molecule has 200 valence electrons. The van der Waals surface area contributed by atoms with E-state index in [2.05, 4.69) is 48.4 Å². The number of carbonyl (C=O) groups is 2. The summed E-state index contributed by atoms with van der Waals surface area (Å²) in [7, 11) is 1.55. The normalized spacial score (nSPS) is 15.5. The van der Waals surface area contributed by atoms with Gasteiger partial charge in [0.2, 0.25) is 0 Å². The molecule has 1 fully saturated rings. The first-order valence-corrected chi connectivity index (χ1v) is 13.3. The van der Waals surface area contributed by atoms with Gasteiger partial charge in [0.25, 0.3) is 5.91 Å². The number of piperidine rings is 1. The molecule has 3 aromatic heterocycles. The van der Waals surface area contributed by atoms with E-state index in [9.17, 15) is 9.59 Å². The van der Waals surface area contributed by atoms with Gasteiger partial charge in [0, 0.05) is 49.9 Å². The van der Waals surface area contributed by atoms with Crippen LogP contribution in [0.2, 0.25) is 0 Å². The molecule has 4 rings (SSSR count). The zero-order valence-corrected chi connectivity index (χ0v) is 22.8. The molecule has 0 aliphatic carbocycles. The van der Waals surface area contributed by atoms with E-state index < -0.39 is 6.09 Å².